The highest BCUT2D eigenvalue weighted by Gasteiger charge is 2.50. The van der Waals surface area contributed by atoms with Crippen LogP contribution in [0.25, 0.3) is 0 Å². The zero-order valence-electron chi connectivity index (χ0n) is 14.2. The van der Waals surface area contributed by atoms with Gasteiger partial charge in [-0.3, -0.25) is 14.5 Å². The first kappa shape index (κ1) is 17.0. The van der Waals surface area contributed by atoms with Gasteiger partial charge in [0.2, 0.25) is 5.91 Å². The summed E-state index contributed by atoms with van der Waals surface area (Å²) in [7, 11) is 0. The molecule has 0 bridgehead atoms. The average molecular weight is 340 g/mol. The van der Waals surface area contributed by atoms with Gasteiger partial charge < -0.3 is 10.6 Å². The number of nitrogens with zero attached hydrogens (tertiary/aromatic N) is 2. The molecule has 1 aromatic rings. The van der Waals surface area contributed by atoms with E-state index < -0.39 is 35.5 Å². The Balaban J connectivity index is 1.73. The minimum absolute atomic E-state index is 0.124. The summed E-state index contributed by atoms with van der Waals surface area (Å²) in [6.45, 7) is 2.88. The summed E-state index contributed by atoms with van der Waals surface area (Å²) < 4.78 is 0. The standard InChI is InChI=1S/C18H20N4O3/c1-17(11-19,12-8-9-12)20-14(23)10-22-15(24)18(2,21-16(22)25)13-6-4-3-5-7-13/h3-7,12H,8-10H2,1-2H3,(H,20,23)(H,21,25). The molecule has 4 amide bonds. The average Bonchev–Trinajstić information content (AvgIpc) is 3.42. The molecule has 2 unspecified atom stereocenters. The zero-order chi connectivity index (χ0) is 18.2. The first-order valence-electron chi connectivity index (χ1n) is 8.22. The van der Waals surface area contributed by atoms with Crippen LogP contribution in [-0.2, 0) is 15.1 Å². The second kappa shape index (κ2) is 5.88. The molecule has 0 spiro atoms. The number of carbonyl (C=O) groups is 3. The summed E-state index contributed by atoms with van der Waals surface area (Å²) in [6, 6.07) is 10.4. The highest BCUT2D eigenvalue weighted by atomic mass is 16.2. The fourth-order valence-electron chi connectivity index (χ4n) is 3.16. The lowest BCUT2D eigenvalue weighted by molar-refractivity contribution is -0.135. The summed E-state index contributed by atoms with van der Waals surface area (Å²) in [4.78, 5) is 38.2. The van der Waals surface area contributed by atoms with Crippen LogP contribution in [0.5, 0.6) is 0 Å². The number of nitriles is 1. The Morgan fingerprint density at radius 1 is 1.40 bits per heavy atom. The molecule has 7 nitrogen and oxygen atoms in total. The van der Waals surface area contributed by atoms with Gasteiger partial charge in [-0.15, -0.1) is 0 Å². The van der Waals surface area contributed by atoms with Crippen molar-refractivity contribution in [3.05, 3.63) is 35.9 Å². The van der Waals surface area contributed by atoms with E-state index in [2.05, 4.69) is 16.7 Å². The molecule has 0 radical (unpaired) electrons. The van der Waals surface area contributed by atoms with E-state index in [9.17, 15) is 19.6 Å². The lowest BCUT2D eigenvalue weighted by Crippen LogP contribution is -2.51. The Kier molecular flexibility index (Phi) is 3.99. The second-order valence-corrected chi connectivity index (χ2v) is 6.95. The maximum absolute atomic E-state index is 12.8. The highest BCUT2D eigenvalue weighted by molar-refractivity contribution is 6.09. The first-order valence-corrected chi connectivity index (χ1v) is 8.22. The largest absolute Gasteiger partial charge is 0.336 e. The van der Waals surface area contributed by atoms with E-state index in [1.54, 1.807) is 38.1 Å². The zero-order valence-corrected chi connectivity index (χ0v) is 14.2. The number of nitrogens with one attached hydrogen (secondary N) is 2. The van der Waals surface area contributed by atoms with Crippen molar-refractivity contribution in [3.8, 4) is 6.07 Å². The molecule has 3 rings (SSSR count). The molecule has 0 aromatic heterocycles. The molecular weight excluding hydrogens is 320 g/mol. The van der Waals surface area contributed by atoms with Crippen LogP contribution >= 0.6 is 0 Å². The molecule has 2 N–H and O–H groups in total. The third-order valence-corrected chi connectivity index (χ3v) is 4.95. The summed E-state index contributed by atoms with van der Waals surface area (Å²) in [5, 5.41) is 14.6. The number of carbonyl (C=O) groups excluding carboxylic acids is 3. The third kappa shape index (κ3) is 2.95. The van der Waals surface area contributed by atoms with Gasteiger partial charge in [-0.25, -0.2) is 4.79 Å². The van der Waals surface area contributed by atoms with E-state index >= 15 is 0 Å². The predicted octanol–water partition coefficient (Wildman–Crippen LogP) is 1.26. The van der Waals surface area contributed by atoms with Crippen LogP contribution in [0.15, 0.2) is 30.3 Å². The Morgan fingerprint density at radius 3 is 2.60 bits per heavy atom. The first-order chi connectivity index (χ1) is 11.8. The molecule has 1 aliphatic heterocycles. The fraction of sp³-hybridized carbons (Fsp3) is 0.444. The van der Waals surface area contributed by atoms with Gasteiger partial charge in [-0.05, 0) is 38.2 Å². The number of benzene rings is 1. The van der Waals surface area contributed by atoms with Gasteiger partial charge in [-0.1, -0.05) is 30.3 Å². The van der Waals surface area contributed by atoms with E-state index in [-0.39, 0.29) is 5.92 Å². The topological polar surface area (TPSA) is 102 Å². The number of hydrogen-bond donors (Lipinski definition) is 2. The molecule has 7 heteroatoms. The van der Waals surface area contributed by atoms with Crippen LogP contribution in [-0.4, -0.2) is 34.8 Å². The summed E-state index contributed by atoms with van der Waals surface area (Å²) >= 11 is 0. The Hall–Kier alpha value is -2.88. The van der Waals surface area contributed by atoms with Crippen molar-refractivity contribution in [3.63, 3.8) is 0 Å². The number of urea groups is 1. The Morgan fingerprint density at radius 2 is 2.04 bits per heavy atom. The summed E-state index contributed by atoms with van der Waals surface area (Å²) in [6.07, 6.45) is 1.78. The highest BCUT2D eigenvalue weighted by Crippen LogP contribution is 2.39. The van der Waals surface area contributed by atoms with Crippen LogP contribution in [0.2, 0.25) is 0 Å². The minimum atomic E-state index is -1.20. The number of amides is 4. The van der Waals surface area contributed by atoms with E-state index in [1.165, 1.54) is 0 Å². The maximum Gasteiger partial charge on any atom is 0.325 e. The molecule has 1 aromatic carbocycles. The fourth-order valence-corrected chi connectivity index (χ4v) is 3.16. The van der Waals surface area contributed by atoms with Crippen molar-refractivity contribution in [2.24, 2.45) is 5.92 Å². The van der Waals surface area contributed by atoms with Crippen molar-refractivity contribution in [1.82, 2.24) is 15.5 Å². The number of rotatable bonds is 5. The lowest BCUT2D eigenvalue weighted by atomic mass is 9.92. The smallest absolute Gasteiger partial charge is 0.325 e. The van der Waals surface area contributed by atoms with E-state index in [0.717, 1.165) is 17.7 Å². The van der Waals surface area contributed by atoms with Crippen LogP contribution in [0.4, 0.5) is 4.79 Å². The van der Waals surface area contributed by atoms with Gasteiger partial charge in [0.05, 0.1) is 6.07 Å². The van der Waals surface area contributed by atoms with Crippen molar-refractivity contribution in [2.75, 3.05) is 6.54 Å². The molecule has 1 saturated heterocycles. The van der Waals surface area contributed by atoms with Crippen LogP contribution in [0.3, 0.4) is 0 Å². The van der Waals surface area contributed by atoms with E-state index in [0.29, 0.717) is 5.56 Å². The third-order valence-electron chi connectivity index (χ3n) is 4.95. The maximum atomic E-state index is 12.8. The van der Waals surface area contributed by atoms with Crippen molar-refractivity contribution in [2.45, 2.75) is 37.8 Å². The number of hydrogen-bond acceptors (Lipinski definition) is 4. The SMILES string of the molecule is CC1(c2ccccc2)NC(=O)N(CC(=O)NC(C)(C#N)C2CC2)C1=O. The van der Waals surface area contributed by atoms with Gasteiger partial charge in [0, 0.05) is 0 Å². The van der Waals surface area contributed by atoms with Gasteiger partial charge in [0.25, 0.3) is 5.91 Å². The molecule has 1 aliphatic carbocycles. The monoisotopic (exact) mass is 340 g/mol. The normalized spacial score (nSPS) is 25.1. The van der Waals surface area contributed by atoms with Crippen LogP contribution in [0.1, 0.15) is 32.3 Å². The quantitative estimate of drug-likeness (QED) is 0.788. The van der Waals surface area contributed by atoms with Crippen LogP contribution in [0, 0.1) is 17.2 Å². The van der Waals surface area contributed by atoms with Crippen molar-refractivity contribution in [1.29, 1.82) is 5.26 Å². The summed E-state index contributed by atoms with van der Waals surface area (Å²) in [5.74, 6) is -0.875. The lowest BCUT2D eigenvalue weighted by Gasteiger charge is -2.25. The molecule has 2 fully saturated rings. The van der Waals surface area contributed by atoms with Gasteiger partial charge >= 0.3 is 6.03 Å². The van der Waals surface area contributed by atoms with E-state index in [4.69, 9.17) is 0 Å². The van der Waals surface area contributed by atoms with Gasteiger partial charge in [-0.2, -0.15) is 5.26 Å². The number of imide groups is 1. The Labute approximate surface area is 146 Å². The molecule has 25 heavy (non-hydrogen) atoms. The summed E-state index contributed by atoms with van der Waals surface area (Å²) in [5.41, 5.74) is -1.51. The molecule has 2 atom stereocenters. The molecule has 2 aliphatic rings. The van der Waals surface area contributed by atoms with E-state index in [1.807, 2.05) is 6.07 Å². The molecule has 1 heterocycles. The van der Waals surface area contributed by atoms with Gasteiger partial charge in [0.1, 0.15) is 17.6 Å². The molecule has 1 saturated carbocycles. The second-order valence-electron chi connectivity index (χ2n) is 6.95. The minimum Gasteiger partial charge on any atom is -0.336 e. The van der Waals surface area contributed by atoms with Gasteiger partial charge in [0.15, 0.2) is 0 Å². The van der Waals surface area contributed by atoms with Crippen molar-refractivity contribution >= 4 is 17.8 Å². The predicted molar refractivity (Wildman–Crippen MR) is 88.9 cm³/mol. The van der Waals surface area contributed by atoms with Crippen LogP contribution < -0.4 is 10.6 Å². The Bertz CT molecular complexity index is 768. The van der Waals surface area contributed by atoms with Crippen molar-refractivity contribution < 1.29 is 14.4 Å². The molecule has 130 valence electrons. The molecular formula is C18H20N4O3.